The Balaban J connectivity index is 0.000000224. The van der Waals surface area contributed by atoms with Crippen molar-refractivity contribution in [2.75, 3.05) is 62.3 Å². The molecule has 0 radical (unpaired) electrons. The fraction of sp³-hybridized carbons (Fsp3) is 0.282. The van der Waals surface area contributed by atoms with E-state index in [1.807, 2.05) is 164 Å². The predicted molar refractivity (Wildman–Crippen MR) is 404 cm³/mol. The van der Waals surface area contributed by atoms with Gasteiger partial charge in [0, 0.05) is 94.6 Å². The molecule has 22 heteroatoms. The molecule has 5 N–H and O–H groups in total. The van der Waals surface area contributed by atoms with Gasteiger partial charge in [-0.2, -0.15) is 0 Å². The van der Waals surface area contributed by atoms with E-state index in [1.165, 1.54) is 21.3 Å². The second kappa shape index (κ2) is 45.3. The molecule has 22 nitrogen and oxygen atoms in total. The van der Waals surface area contributed by atoms with Crippen molar-refractivity contribution in [3.8, 4) is 67.9 Å². The number of aliphatic hydroxyl groups is 2. The average molecular weight is 1460 g/mol. The minimum Gasteiger partial charge on any atom is -0.496 e. The quantitative estimate of drug-likeness (QED) is 0.0104. The first-order chi connectivity index (χ1) is 52.0. The fourth-order valence-corrected chi connectivity index (χ4v) is 10.6. The number of nitrogens with one attached hydrogen (secondary N) is 3. The Kier molecular flexibility index (Phi) is 34.8. The summed E-state index contributed by atoms with van der Waals surface area (Å²) < 4.78 is 54.3. The molecule has 9 aromatic rings. The minimum atomic E-state index is -1.27. The van der Waals surface area contributed by atoms with Gasteiger partial charge in [-0.25, -0.2) is 14.4 Å². The first kappa shape index (κ1) is 82.3. The van der Waals surface area contributed by atoms with Crippen LogP contribution < -0.4 is 44.4 Å². The van der Waals surface area contributed by atoms with E-state index < -0.39 is 36.2 Å². The summed E-state index contributed by atoms with van der Waals surface area (Å²) in [5.41, 5.74) is 10.9. The third kappa shape index (κ3) is 28.2. The number of rotatable bonds is 38. The topological polar surface area (TPSA) is 288 Å². The van der Waals surface area contributed by atoms with Crippen LogP contribution in [0.5, 0.6) is 34.5 Å². The number of esters is 3. The van der Waals surface area contributed by atoms with Crippen molar-refractivity contribution >= 4 is 42.1 Å². The second-order valence-corrected chi connectivity index (χ2v) is 24.2. The molecule has 3 unspecified atom stereocenters. The number of benzene rings is 9. The summed E-state index contributed by atoms with van der Waals surface area (Å²) in [5.74, 6) is 1.09. The standard InChI is InChI=1S/C29H31NO7.2C28H31NO6/c1-30-28(32)9-6-16-35-25-15-14-24(26(18-25)34-2)19-36-29(33)27(37-20-31)17-21-10-12-23(13-11-21)22-7-4-3-5-8-22;2*1-29-27(31)9-6-16-34-24-15-14-23(26(18-24)33-2)19-35-28(32)25(30)17-20-10-12-22(13-11-20)21-7-4-3-5-8-21/h3-5,7-8,10-15,18,20,27H,6,9,16-17,19H2,1-2H3,(H,30,32);2*3-5,7-8,10-15,18,25,30H,6,9,16-17,19H2,1-2H3,(H,29,31). The van der Waals surface area contributed by atoms with Crippen LogP contribution in [0.15, 0.2) is 218 Å². The maximum Gasteiger partial charge on any atom is 0.348 e. The van der Waals surface area contributed by atoms with Gasteiger partial charge in [0.25, 0.3) is 6.47 Å². The number of carbonyl (C=O) groups excluding carboxylic acids is 7. The van der Waals surface area contributed by atoms with E-state index >= 15 is 0 Å². The molecule has 0 heterocycles. The predicted octanol–water partition coefficient (Wildman–Crippen LogP) is 11.9. The highest BCUT2D eigenvalue weighted by molar-refractivity contribution is 5.78. The molecule has 3 amide bonds. The maximum atomic E-state index is 12.7. The summed E-state index contributed by atoms with van der Waals surface area (Å²) in [6, 6.07) is 68.6. The van der Waals surface area contributed by atoms with Crippen LogP contribution in [-0.4, -0.2) is 133 Å². The average Bonchev–Trinajstić information content (AvgIpc) is 0.875. The van der Waals surface area contributed by atoms with Crippen molar-refractivity contribution in [1.29, 1.82) is 0 Å². The van der Waals surface area contributed by atoms with Crippen LogP contribution in [0, 0.1) is 0 Å². The fourth-order valence-electron chi connectivity index (χ4n) is 10.6. The summed E-state index contributed by atoms with van der Waals surface area (Å²) in [6.45, 7) is 1.27. The zero-order chi connectivity index (χ0) is 76.6. The van der Waals surface area contributed by atoms with Crippen LogP contribution >= 0.6 is 0 Å². The van der Waals surface area contributed by atoms with E-state index in [9.17, 15) is 43.8 Å². The van der Waals surface area contributed by atoms with Crippen LogP contribution in [0.1, 0.15) is 71.9 Å². The molecular weight excluding hydrogens is 1370 g/mol. The number of aliphatic hydroxyl groups excluding tert-OH is 2. The number of carbonyl (C=O) groups is 7. The van der Waals surface area contributed by atoms with E-state index in [0.717, 1.165) is 50.1 Å². The zero-order valence-corrected chi connectivity index (χ0v) is 61.0. The Labute approximate surface area is 624 Å². The van der Waals surface area contributed by atoms with Gasteiger partial charge in [-0.3, -0.25) is 19.2 Å². The van der Waals surface area contributed by atoms with Crippen LogP contribution in [0.4, 0.5) is 0 Å². The Morgan fingerprint density at radius 2 is 0.645 bits per heavy atom. The van der Waals surface area contributed by atoms with Crippen molar-refractivity contribution in [3.63, 3.8) is 0 Å². The number of amides is 3. The molecule has 0 aliphatic carbocycles. The lowest BCUT2D eigenvalue weighted by molar-refractivity contribution is -0.162. The molecule has 9 aromatic carbocycles. The van der Waals surface area contributed by atoms with Gasteiger partial charge in [-0.1, -0.05) is 164 Å². The largest absolute Gasteiger partial charge is 0.496 e. The van der Waals surface area contributed by atoms with Gasteiger partial charge in [0.15, 0.2) is 12.2 Å². The summed E-state index contributed by atoms with van der Waals surface area (Å²) >= 11 is 0. The summed E-state index contributed by atoms with van der Waals surface area (Å²) in [4.78, 5) is 82.3. The molecule has 0 aliphatic heterocycles. The van der Waals surface area contributed by atoms with Crippen LogP contribution in [0.25, 0.3) is 33.4 Å². The van der Waals surface area contributed by atoms with Gasteiger partial charge >= 0.3 is 17.9 Å². The lowest BCUT2D eigenvalue weighted by atomic mass is 10.0. The van der Waals surface area contributed by atoms with Gasteiger partial charge in [-0.15, -0.1) is 0 Å². The molecule has 0 aliphatic rings. The highest BCUT2D eigenvalue weighted by atomic mass is 16.6. The SMILES string of the molecule is CNC(=O)CCCOc1ccc(COC(=O)C(Cc2ccc(-c3ccccc3)cc2)OC=O)c(OC)c1.CNC(=O)CCCOc1ccc(COC(=O)C(O)Cc2ccc(-c3ccccc3)cc2)c(OC)c1.CNC(=O)CCCOc1ccc(COC(=O)C(O)Cc2ccc(-c3ccccc3)cc2)c(OC)c1. The number of methoxy groups -OCH3 is 3. The van der Waals surface area contributed by atoms with Gasteiger partial charge in [0.1, 0.15) is 54.3 Å². The van der Waals surface area contributed by atoms with E-state index in [0.29, 0.717) is 110 Å². The molecular formula is C85H93N3O19. The normalized spacial score (nSPS) is 11.3. The molecule has 107 heavy (non-hydrogen) atoms. The molecule has 0 aromatic heterocycles. The van der Waals surface area contributed by atoms with Crippen molar-refractivity contribution in [3.05, 3.63) is 252 Å². The van der Waals surface area contributed by atoms with E-state index in [1.54, 1.807) is 75.7 Å². The number of ether oxygens (including phenoxy) is 10. The monoisotopic (exact) mass is 1460 g/mol. The Morgan fingerprint density at radius 3 is 0.925 bits per heavy atom. The molecule has 0 fully saturated rings. The summed E-state index contributed by atoms with van der Waals surface area (Å²) in [7, 11) is 9.33. The van der Waals surface area contributed by atoms with E-state index in [-0.39, 0.29) is 63.3 Å². The van der Waals surface area contributed by atoms with Crippen molar-refractivity contribution in [2.45, 2.75) is 95.9 Å². The van der Waals surface area contributed by atoms with E-state index in [4.69, 9.17) is 47.4 Å². The van der Waals surface area contributed by atoms with E-state index in [2.05, 4.69) is 16.0 Å². The molecule has 0 bridgehead atoms. The molecule has 562 valence electrons. The summed E-state index contributed by atoms with van der Waals surface area (Å²) in [5, 5.41) is 28.4. The van der Waals surface area contributed by atoms with Crippen LogP contribution in [0.3, 0.4) is 0 Å². The Hall–Kier alpha value is -12.0. The molecule has 3 atom stereocenters. The first-order valence-corrected chi connectivity index (χ1v) is 34.9. The highest BCUT2D eigenvalue weighted by Gasteiger charge is 2.24. The number of hydrogen-bond donors (Lipinski definition) is 5. The number of hydrogen-bond acceptors (Lipinski definition) is 19. The lowest BCUT2D eigenvalue weighted by Crippen LogP contribution is -2.28. The van der Waals surface area contributed by atoms with Gasteiger partial charge in [-0.05, 0) is 106 Å². The second-order valence-electron chi connectivity index (χ2n) is 24.2. The van der Waals surface area contributed by atoms with Gasteiger partial charge in [0.05, 0.1) is 41.2 Å². The first-order valence-electron chi connectivity index (χ1n) is 34.9. The van der Waals surface area contributed by atoms with Gasteiger partial charge in [0.2, 0.25) is 23.8 Å². The third-order valence-electron chi connectivity index (χ3n) is 16.7. The minimum absolute atomic E-state index is 0.0327. The maximum absolute atomic E-state index is 12.7. The summed E-state index contributed by atoms with van der Waals surface area (Å²) in [6.07, 6.45) is -0.191. The Morgan fingerprint density at radius 1 is 0.364 bits per heavy atom. The van der Waals surface area contributed by atoms with Crippen LogP contribution in [0.2, 0.25) is 0 Å². The molecule has 9 rings (SSSR count). The third-order valence-corrected chi connectivity index (χ3v) is 16.7. The van der Waals surface area contributed by atoms with Crippen LogP contribution in [-0.2, 0) is 91.6 Å². The van der Waals surface area contributed by atoms with Gasteiger partial charge < -0.3 is 73.5 Å². The highest BCUT2D eigenvalue weighted by Crippen LogP contribution is 2.30. The van der Waals surface area contributed by atoms with Crippen molar-refractivity contribution in [1.82, 2.24) is 16.0 Å². The zero-order valence-electron chi connectivity index (χ0n) is 61.0. The van der Waals surface area contributed by atoms with Crippen molar-refractivity contribution < 1.29 is 91.1 Å². The molecule has 0 saturated heterocycles. The molecule has 0 saturated carbocycles. The lowest BCUT2D eigenvalue weighted by Gasteiger charge is -2.16. The smallest absolute Gasteiger partial charge is 0.348 e. The Bertz CT molecular complexity index is 4040. The van der Waals surface area contributed by atoms with Crippen molar-refractivity contribution in [2.24, 2.45) is 0 Å². The molecule has 0 spiro atoms.